The van der Waals surface area contributed by atoms with Crippen molar-refractivity contribution in [1.82, 2.24) is 20.3 Å². The molecule has 0 atom stereocenters. The number of nitrogens with zero attached hydrogens (tertiary/aromatic N) is 3. The molecule has 1 N–H and O–H groups in total. The summed E-state index contributed by atoms with van der Waals surface area (Å²) in [6, 6.07) is 8.12. The Morgan fingerprint density at radius 2 is 1.95 bits per heavy atom. The first-order chi connectivity index (χ1) is 10.2. The molecule has 21 heavy (non-hydrogen) atoms. The minimum atomic E-state index is 0.443. The highest BCUT2D eigenvalue weighted by atomic mass is 32.2. The van der Waals surface area contributed by atoms with Gasteiger partial charge in [-0.15, -0.1) is 0 Å². The van der Waals surface area contributed by atoms with Gasteiger partial charge >= 0.3 is 0 Å². The van der Waals surface area contributed by atoms with E-state index in [4.69, 9.17) is 4.42 Å². The molecule has 5 nitrogen and oxygen atoms in total. The molecule has 2 heterocycles. The molecule has 0 saturated carbocycles. The van der Waals surface area contributed by atoms with Crippen molar-refractivity contribution in [2.45, 2.75) is 36.8 Å². The van der Waals surface area contributed by atoms with Crippen LogP contribution < -0.4 is 5.32 Å². The Hall–Kier alpha value is -1.92. The van der Waals surface area contributed by atoms with Crippen LogP contribution in [0, 0.1) is 0 Å². The van der Waals surface area contributed by atoms with Gasteiger partial charge in [0.2, 0.25) is 0 Å². The zero-order valence-corrected chi connectivity index (χ0v) is 12.7. The van der Waals surface area contributed by atoms with Gasteiger partial charge in [0.05, 0.1) is 0 Å². The van der Waals surface area contributed by atoms with E-state index in [0.29, 0.717) is 16.4 Å². The van der Waals surface area contributed by atoms with Crippen LogP contribution in [0.25, 0.3) is 11.1 Å². The van der Waals surface area contributed by atoms with Crippen LogP contribution in [0.1, 0.15) is 19.4 Å². The Bertz CT molecular complexity index is 691. The first-order valence-corrected chi connectivity index (χ1v) is 7.60. The van der Waals surface area contributed by atoms with Crippen LogP contribution >= 0.6 is 11.8 Å². The van der Waals surface area contributed by atoms with Crippen LogP contribution in [0.15, 0.2) is 51.5 Å². The van der Waals surface area contributed by atoms with Gasteiger partial charge in [-0.25, -0.2) is 15.0 Å². The highest BCUT2D eigenvalue weighted by Gasteiger charge is 2.09. The Kier molecular flexibility index (Phi) is 4.17. The van der Waals surface area contributed by atoms with Crippen molar-refractivity contribution in [2.24, 2.45) is 0 Å². The molecular weight excluding hydrogens is 284 g/mol. The van der Waals surface area contributed by atoms with Crippen molar-refractivity contribution in [1.29, 1.82) is 0 Å². The predicted octanol–water partition coefficient (Wildman–Crippen LogP) is 3.27. The third-order valence-electron chi connectivity index (χ3n) is 2.85. The number of rotatable bonds is 5. The van der Waals surface area contributed by atoms with Crippen LogP contribution in [0.2, 0.25) is 0 Å². The van der Waals surface area contributed by atoms with Crippen molar-refractivity contribution in [3.05, 3.63) is 42.2 Å². The largest absolute Gasteiger partial charge is 0.431 e. The van der Waals surface area contributed by atoms with Crippen LogP contribution in [0.3, 0.4) is 0 Å². The summed E-state index contributed by atoms with van der Waals surface area (Å²) in [7, 11) is 0. The van der Waals surface area contributed by atoms with Crippen molar-refractivity contribution in [2.75, 3.05) is 0 Å². The van der Waals surface area contributed by atoms with Crippen LogP contribution in [-0.4, -0.2) is 21.0 Å². The fraction of sp³-hybridized carbons (Fsp3) is 0.267. The van der Waals surface area contributed by atoms with Gasteiger partial charge in [0, 0.05) is 42.3 Å². The summed E-state index contributed by atoms with van der Waals surface area (Å²) in [5, 5.41) is 4.52. The number of para-hydroxylation sites is 2. The molecule has 0 unspecified atom stereocenters. The Labute approximate surface area is 127 Å². The van der Waals surface area contributed by atoms with Gasteiger partial charge in [0.1, 0.15) is 5.52 Å². The molecule has 1 aromatic carbocycles. The van der Waals surface area contributed by atoms with E-state index in [-0.39, 0.29) is 0 Å². The van der Waals surface area contributed by atoms with Crippen LogP contribution in [0.5, 0.6) is 0 Å². The molecule has 0 aliphatic carbocycles. The number of aromatic nitrogens is 3. The van der Waals surface area contributed by atoms with Crippen molar-refractivity contribution in [3.8, 4) is 0 Å². The molecule has 3 rings (SSSR count). The standard InChI is InChI=1S/C15H16N4OS/c1-10(2)16-7-11-8-17-14(18-9-11)21-15-19-12-5-3-4-6-13(12)20-15/h3-6,8-10,16H,7H2,1-2H3. The van der Waals surface area contributed by atoms with Gasteiger partial charge in [0.25, 0.3) is 5.22 Å². The van der Waals surface area contributed by atoms with Gasteiger partial charge in [-0.3, -0.25) is 0 Å². The highest BCUT2D eigenvalue weighted by molar-refractivity contribution is 7.98. The second-order valence-electron chi connectivity index (χ2n) is 4.96. The van der Waals surface area contributed by atoms with Crippen molar-refractivity contribution in [3.63, 3.8) is 0 Å². The quantitative estimate of drug-likeness (QED) is 0.730. The molecule has 0 aliphatic rings. The fourth-order valence-electron chi connectivity index (χ4n) is 1.78. The maximum absolute atomic E-state index is 5.64. The maximum Gasteiger partial charge on any atom is 0.264 e. The molecule has 0 amide bonds. The lowest BCUT2D eigenvalue weighted by molar-refractivity contribution is 0.488. The second kappa shape index (κ2) is 6.24. The zero-order valence-electron chi connectivity index (χ0n) is 11.9. The number of hydrogen-bond acceptors (Lipinski definition) is 6. The maximum atomic E-state index is 5.64. The van der Waals surface area contributed by atoms with E-state index in [2.05, 4.69) is 34.1 Å². The van der Waals surface area contributed by atoms with E-state index in [1.807, 2.05) is 36.7 Å². The number of benzene rings is 1. The van der Waals surface area contributed by atoms with E-state index in [1.54, 1.807) is 0 Å². The first kappa shape index (κ1) is 14.0. The summed E-state index contributed by atoms with van der Waals surface area (Å²) < 4.78 is 5.64. The number of hydrogen-bond donors (Lipinski definition) is 1. The topological polar surface area (TPSA) is 63.8 Å². The Balaban J connectivity index is 1.69. The summed E-state index contributed by atoms with van der Waals surface area (Å²) >= 11 is 1.33. The van der Waals surface area contributed by atoms with Crippen LogP contribution in [0.4, 0.5) is 0 Å². The lowest BCUT2D eigenvalue weighted by atomic mass is 10.3. The van der Waals surface area contributed by atoms with Crippen molar-refractivity contribution >= 4 is 22.9 Å². The molecule has 108 valence electrons. The normalized spacial score (nSPS) is 11.4. The van der Waals surface area contributed by atoms with Gasteiger partial charge in [-0.1, -0.05) is 26.0 Å². The molecule has 0 radical (unpaired) electrons. The molecule has 0 saturated heterocycles. The minimum Gasteiger partial charge on any atom is -0.431 e. The first-order valence-electron chi connectivity index (χ1n) is 6.78. The highest BCUT2D eigenvalue weighted by Crippen LogP contribution is 2.27. The SMILES string of the molecule is CC(C)NCc1cnc(Sc2nc3ccccc3o2)nc1. The number of nitrogens with one attached hydrogen (secondary N) is 1. The molecular formula is C15H16N4OS. The van der Waals surface area contributed by atoms with E-state index in [1.165, 1.54) is 11.8 Å². The van der Waals surface area contributed by atoms with Gasteiger partial charge in [-0.2, -0.15) is 0 Å². The lowest BCUT2D eigenvalue weighted by Crippen LogP contribution is -2.21. The Morgan fingerprint density at radius 3 is 2.67 bits per heavy atom. The third kappa shape index (κ3) is 3.59. The summed E-state index contributed by atoms with van der Waals surface area (Å²) in [6.45, 7) is 4.99. The number of fused-ring (bicyclic) bond motifs is 1. The van der Waals surface area contributed by atoms with E-state index < -0.39 is 0 Å². The second-order valence-corrected chi connectivity index (χ2v) is 5.88. The molecule has 3 aromatic rings. The van der Waals surface area contributed by atoms with E-state index >= 15 is 0 Å². The summed E-state index contributed by atoms with van der Waals surface area (Å²) in [5.74, 6) is 0. The summed E-state index contributed by atoms with van der Waals surface area (Å²) in [5.41, 5.74) is 2.68. The number of oxazole rings is 1. The summed E-state index contributed by atoms with van der Waals surface area (Å²) in [6.07, 6.45) is 3.65. The third-order valence-corrected chi connectivity index (χ3v) is 3.59. The van der Waals surface area contributed by atoms with E-state index in [9.17, 15) is 0 Å². The average molecular weight is 300 g/mol. The predicted molar refractivity (Wildman–Crippen MR) is 82.1 cm³/mol. The molecule has 6 heteroatoms. The van der Waals surface area contributed by atoms with Crippen molar-refractivity contribution < 1.29 is 4.42 Å². The van der Waals surface area contributed by atoms with Crippen LogP contribution in [-0.2, 0) is 6.54 Å². The minimum absolute atomic E-state index is 0.443. The van der Waals surface area contributed by atoms with Gasteiger partial charge < -0.3 is 9.73 Å². The Morgan fingerprint density at radius 1 is 1.19 bits per heavy atom. The zero-order chi connectivity index (χ0) is 14.7. The van der Waals surface area contributed by atoms with Gasteiger partial charge in [0.15, 0.2) is 10.7 Å². The molecule has 2 aromatic heterocycles. The molecule has 0 fully saturated rings. The molecule has 0 aliphatic heterocycles. The molecule has 0 spiro atoms. The summed E-state index contributed by atoms with van der Waals surface area (Å²) in [4.78, 5) is 13.1. The smallest absolute Gasteiger partial charge is 0.264 e. The average Bonchev–Trinajstić information content (AvgIpc) is 2.88. The van der Waals surface area contributed by atoms with Gasteiger partial charge in [-0.05, 0) is 12.1 Å². The lowest BCUT2D eigenvalue weighted by Gasteiger charge is -2.07. The fourth-order valence-corrected chi connectivity index (χ4v) is 2.42. The molecule has 0 bridgehead atoms. The monoisotopic (exact) mass is 300 g/mol. The van der Waals surface area contributed by atoms with E-state index in [0.717, 1.165) is 23.2 Å².